The molecule has 114 valence electrons. The number of hydrogen-bond acceptors (Lipinski definition) is 3. The van der Waals surface area contributed by atoms with E-state index in [1.165, 1.54) is 12.8 Å². The third kappa shape index (κ3) is 4.32. The number of hydrogen-bond donors (Lipinski definition) is 0. The van der Waals surface area contributed by atoms with Crippen LogP contribution >= 0.6 is 11.6 Å². The van der Waals surface area contributed by atoms with Crippen molar-refractivity contribution in [2.45, 2.75) is 26.2 Å². The molecule has 0 spiro atoms. The Morgan fingerprint density at radius 3 is 2.71 bits per heavy atom. The first-order chi connectivity index (χ1) is 10.1. The van der Waals surface area contributed by atoms with Crippen LogP contribution in [-0.2, 0) is 0 Å². The van der Waals surface area contributed by atoms with Gasteiger partial charge < -0.3 is 4.74 Å². The Kier molecular flexibility index (Phi) is 5.83. The van der Waals surface area contributed by atoms with E-state index in [0.717, 1.165) is 19.6 Å². The van der Waals surface area contributed by atoms with Gasteiger partial charge in [-0.3, -0.25) is 9.69 Å². The Balaban J connectivity index is 1.92. The molecule has 0 amide bonds. The highest BCUT2D eigenvalue weighted by atomic mass is 35.5. The monoisotopic (exact) mass is 307 g/mol. The molecule has 1 aromatic carbocycles. The van der Waals surface area contributed by atoms with Crippen molar-refractivity contribution in [1.82, 2.24) is 4.90 Å². The lowest BCUT2D eigenvalue weighted by molar-refractivity contribution is 0.103. The predicted molar refractivity (Wildman–Crippen MR) is 86.4 cm³/mol. The Bertz CT molecular complexity index is 522. The molecule has 0 atom stereocenters. The lowest BCUT2D eigenvalue weighted by atomic mass is 10.0. The van der Waals surface area contributed by atoms with Gasteiger partial charge in [0.2, 0.25) is 0 Å². The van der Waals surface area contributed by atoms with Crippen molar-refractivity contribution in [3.05, 3.63) is 40.9 Å². The van der Waals surface area contributed by atoms with Crippen molar-refractivity contribution in [3.8, 4) is 5.75 Å². The molecule has 1 saturated heterocycles. The number of allylic oxidation sites excluding steroid dienone is 1. The molecular formula is C17H22ClNO2. The molecule has 0 saturated carbocycles. The molecule has 3 nitrogen and oxygen atoms in total. The highest BCUT2D eigenvalue weighted by Gasteiger charge is 2.14. The largest absolute Gasteiger partial charge is 0.492 e. The zero-order valence-electron chi connectivity index (χ0n) is 12.5. The predicted octanol–water partition coefficient (Wildman–Crippen LogP) is 3.96. The zero-order valence-corrected chi connectivity index (χ0v) is 13.3. The van der Waals surface area contributed by atoms with Gasteiger partial charge in [0.15, 0.2) is 5.78 Å². The van der Waals surface area contributed by atoms with E-state index in [9.17, 15) is 4.79 Å². The number of benzene rings is 1. The summed E-state index contributed by atoms with van der Waals surface area (Å²) in [5, 5.41) is 0.424. The quantitative estimate of drug-likeness (QED) is 0.564. The van der Waals surface area contributed by atoms with Crippen molar-refractivity contribution >= 4 is 17.4 Å². The third-order valence-electron chi connectivity index (χ3n) is 3.81. The number of nitrogens with zero attached hydrogens (tertiary/aromatic N) is 1. The van der Waals surface area contributed by atoms with E-state index in [-0.39, 0.29) is 5.78 Å². The van der Waals surface area contributed by atoms with E-state index in [4.69, 9.17) is 16.3 Å². The summed E-state index contributed by atoms with van der Waals surface area (Å²) in [6.07, 6.45) is 3.19. The van der Waals surface area contributed by atoms with Crippen molar-refractivity contribution in [2.75, 3.05) is 26.2 Å². The fourth-order valence-corrected chi connectivity index (χ4v) is 2.68. The summed E-state index contributed by atoms with van der Waals surface area (Å²) in [7, 11) is 0. The Labute approximate surface area is 131 Å². The minimum absolute atomic E-state index is 0.0916. The van der Waals surface area contributed by atoms with Gasteiger partial charge in [-0.15, -0.1) is 0 Å². The molecule has 1 fully saturated rings. The first-order valence-electron chi connectivity index (χ1n) is 7.49. The standard InChI is InChI=1S/C17H22ClNO2/c1-3-13(2)17(20)15-7-6-14(12-16(15)18)21-11-10-19-8-4-5-9-19/h6-7,12H,2-5,8-11H2,1H3. The number of likely N-dealkylation sites (tertiary alicyclic amines) is 1. The summed E-state index contributed by atoms with van der Waals surface area (Å²) in [5.41, 5.74) is 1.06. The lowest BCUT2D eigenvalue weighted by Crippen LogP contribution is -2.25. The van der Waals surface area contributed by atoms with Gasteiger partial charge in [0, 0.05) is 12.1 Å². The minimum Gasteiger partial charge on any atom is -0.492 e. The van der Waals surface area contributed by atoms with Crippen LogP contribution in [0, 0.1) is 0 Å². The van der Waals surface area contributed by atoms with Crippen LogP contribution in [-0.4, -0.2) is 36.9 Å². The van der Waals surface area contributed by atoms with E-state index < -0.39 is 0 Å². The van der Waals surface area contributed by atoms with Gasteiger partial charge >= 0.3 is 0 Å². The summed E-state index contributed by atoms with van der Waals surface area (Å²) < 4.78 is 5.71. The maximum absolute atomic E-state index is 12.1. The third-order valence-corrected chi connectivity index (χ3v) is 4.12. The van der Waals surface area contributed by atoms with E-state index >= 15 is 0 Å². The van der Waals surface area contributed by atoms with Crippen molar-refractivity contribution in [2.24, 2.45) is 0 Å². The molecule has 0 unspecified atom stereocenters. The Morgan fingerprint density at radius 2 is 2.10 bits per heavy atom. The number of carbonyl (C=O) groups excluding carboxylic acids is 1. The summed E-state index contributed by atoms with van der Waals surface area (Å²) in [5.74, 6) is 0.615. The lowest BCUT2D eigenvalue weighted by Gasteiger charge is -2.15. The molecule has 0 radical (unpaired) electrons. The second-order valence-corrected chi connectivity index (χ2v) is 5.73. The Morgan fingerprint density at radius 1 is 1.38 bits per heavy atom. The molecule has 2 rings (SSSR count). The molecular weight excluding hydrogens is 286 g/mol. The average Bonchev–Trinajstić information content (AvgIpc) is 2.99. The summed E-state index contributed by atoms with van der Waals surface area (Å²) in [6, 6.07) is 5.23. The smallest absolute Gasteiger partial charge is 0.189 e. The van der Waals surface area contributed by atoms with E-state index in [0.29, 0.717) is 34.9 Å². The molecule has 4 heteroatoms. The molecule has 1 aliphatic rings. The van der Waals surface area contributed by atoms with Gasteiger partial charge in [-0.25, -0.2) is 0 Å². The van der Waals surface area contributed by atoms with Crippen molar-refractivity contribution in [1.29, 1.82) is 0 Å². The number of ether oxygens (including phenoxy) is 1. The SMILES string of the molecule is C=C(CC)C(=O)c1ccc(OCCN2CCCC2)cc1Cl. The van der Waals surface area contributed by atoms with Gasteiger partial charge in [0.25, 0.3) is 0 Å². The second-order valence-electron chi connectivity index (χ2n) is 5.33. The molecule has 0 aromatic heterocycles. The average molecular weight is 308 g/mol. The summed E-state index contributed by atoms with van der Waals surface area (Å²) in [6.45, 7) is 9.57. The summed E-state index contributed by atoms with van der Waals surface area (Å²) >= 11 is 6.18. The van der Waals surface area contributed by atoms with E-state index in [1.807, 2.05) is 6.92 Å². The van der Waals surface area contributed by atoms with Gasteiger partial charge in [-0.2, -0.15) is 0 Å². The van der Waals surface area contributed by atoms with E-state index in [1.54, 1.807) is 18.2 Å². The topological polar surface area (TPSA) is 29.5 Å². The number of rotatable bonds is 7. The van der Waals surface area contributed by atoms with Crippen LogP contribution in [0.25, 0.3) is 0 Å². The molecule has 0 aliphatic carbocycles. The normalized spacial score (nSPS) is 15.1. The molecule has 21 heavy (non-hydrogen) atoms. The minimum atomic E-state index is -0.0916. The van der Waals surface area contributed by atoms with Crippen LogP contribution in [0.3, 0.4) is 0 Å². The molecule has 0 N–H and O–H groups in total. The Hall–Kier alpha value is -1.32. The van der Waals surface area contributed by atoms with Crippen LogP contribution in [0.15, 0.2) is 30.4 Å². The van der Waals surface area contributed by atoms with Crippen molar-refractivity contribution in [3.63, 3.8) is 0 Å². The molecule has 1 aromatic rings. The molecule has 0 bridgehead atoms. The maximum Gasteiger partial charge on any atom is 0.189 e. The number of halogens is 1. The molecule has 1 aliphatic heterocycles. The number of ketones is 1. The van der Waals surface area contributed by atoms with Crippen LogP contribution in [0.4, 0.5) is 0 Å². The van der Waals surface area contributed by atoms with Crippen LogP contribution in [0.5, 0.6) is 5.75 Å². The highest BCUT2D eigenvalue weighted by Crippen LogP contribution is 2.25. The zero-order chi connectivity index (χ0) is 15.2. The molecule has 1 heterocycles. The first-order valence-corrected chi connectivity index (χ1v) is 7.86. The van der Waals surface area contributed by atoms with Gasteiger partial charge in [0.1, 0.15) is 12.4 Å². The maximum atomic E-state index is 12.1. The van der Waals surface area contributed by atoms with Crippen LogP contribution in [0.1, 0.15) is 36.5 Å². The fraction of sp³-hybridized carbons (Fsp3) is 0.471. The van der Waals surface area contributed by atoms with Crippen LogP contribution < -0.4 is 4.74 Å². The highest BCUT2D eigenvalue weighted by molar-refractivity contribution is 6.35. The summed E-state index contributed by atoms with van der Waals surface area (Å²) in [4.78, 5) is 14.5. The first kappa shape index (κ1) is 16.1. The van der Waals surface area contributed by atoms with Gasteiger partial charge in [-0.1, -0.05) is 25.1 Å². The van der Waals surface area contributed by atoms with Crippen molar-refractivity contribution < 1.29 is 9.53 Å². The number of carbonyl (C=O) groups is 1. The fourth-order valence-electron chi connectivity index (χ4n) is 2.42. The van der Waals surface area contributed by atoms with Crippen LogP contribution in [0.2, 0.25) is 5.02 Å². The van der Waals surface area contributed by atoms with Gasteiger partial charge in [-0.05, 0) is 56.1 Å². The van der Waals surface area contributed by atoms with E-state index in [2.05, 4.69) is 11.5 Å². The van der Waals surface area contributed by atoms with Gasteiger partial charge in [0.05, 0.1) is 5.02 Å². The number of Topliss-reactive ketones (excluding diaryl/α,β-unsaturated/α-hetero) is 1. The second kappa shape index (κ2) is 7.62.